The van der Waals surface area contributed by atoms with Gasteiger partial charge in [0.15, 0.2) is 5.82 Å². The zero-order valence-electron chi connectivity index (χ0n) is 9.98. The Morgan fingerprint density at radius 1 is 1.44 bits per heavy atom. The summed E-state index contributed by atoms with van der Waals surface area (Å²) in [6.07, 6.45) is 1.32. The van der Waals surface area contributed by atoms with Crippen LogP contribution < -0.4 is 15.2 Å². The predicted octanol–water partition coefficient (Wildman–Crippen LogP) is 2.20. The Morgan fingerprint density at radius 3 is 2.94 bits per heavy atom. The zero-order valence-corrected chi connectivity index (χ0v) is 10.7. The summed E-state index contributed by atoms with van der Waals surface area (Å²) in [6, 6.07) is 7.40. The average molecular weight is 266 g/mol. The number of H-pyrrole nitrogens is 1. The lowest BCUT2D eigenvalue weighted by Gasteiger charge is -2.19. The molecule has 0 spiro atoms. The lowest BCUT2D eigenvalue weighted by molar-refractivity contribution is 0.415. The first-order valence-corrected chi connectivity index (χ1v) is 5.62. The van der Waals surface area contributed by atoms with Crippen LogP contribution in [-0.4, -0.2) is 24.1 Å². The minimum atomic E-state index is -0.364. The van der Waals surface area contributed by atoms with Gasteiger partial charge in [-0.2, -0.15) is 0 Å². The van der Waals surface area contributed by atoms with Gasteiger partial charge in [-0.05, 0) is 12.1 Å². The van der Waals surface area contributed by atoms with Crippen LogP contribution in [0.3, 0.4) is 0 Å². The number of rotatable bonds is 3. The van der Waals surface area contributed by atoms with E-state index in [0.717, 1.165) is 11.4 Å². The summed E-state index contributed by atoms with van der Waals surface area (Å²) in [5.41, 5.74) is 0.464. The van der Waals surface area contributed by atoms with Crippen LogP contribution in [0, 0.1) is 0 Å². The van der Waals surface area contributed by atoms with Crippen LogP contribution >= 0.6 is 11.6 Å². The van der Waals surface area contributed by atoms with Crippen LogP contribution in [-0.2, 0) is 0 Å². The van der Waals surface area contributed by atoms with Crippen LogP contribution in [0.25, 0.3) is 0 Å². The molecule has 2 aromatic rings. The Balaban J connectivity index is 2.44. The van der Waals surface area contributed by atoms with Gasteiger partial charge in [-0.3, -0.25) is 4.79 Å². The summed E-state index contributed by atoms with van der Waals surface area (Å²) in [4.78, 5) is 19.6. The Hall–Kier alpha value is -2.01. The Labute approximate surface area is 109 Å². The van der Waals surface area contributed by atoms with E-state index in [1.807, 2.05) is 24.3 Å². The normalized spacial score (nSPS) is 10.2. The molecule has 0 aliphatic rings. The number of aromatic amines is 1. The van der Waals surface area contributed by atoms with Crippen molar-refractivity contribution in [1.82, 2.24) is 9.97 Å². The zero-order chi connectivity index (χ0) is 13.1. The molecule has 94 valence electrons. The minimum absolute atomic E-state index is 0.0582. The molecule has 6 heteroatoms. The molecule has 0 fully saturated rings. The van der Waals surface area contributed by atoms with Gasteiger partial charge in [0.1, 0.15) is 10.8 Å². The molecule has 1 heterocycles. The van der Waals surface area contributed by atoms with Gasteiger partial charge in [0, 0.05) is 18.8 Å². The maximum Gasteiger partial charge on any atom is 0.271 e. The van der Waals surface area contributed by atoms with Gasteiger partial charge in [0.25, 0.3) is 5.56 Å². The summed E-state index contributed by atoms with van der Waals surface area (Å²) in [5, 5.41) is 0.0582. The van der Waals surface area contributed by atoms with E-state index in [9.17, 15) is 4.79 Å². The van der Waals surface area contributed by atoms with Crippen molar-refractivity contribution in [3.8, 4) is 5.75 Å². The van der Waals surface area contributed by atoms with Gasteiger partial charge in [0.05, 0.1) is 13.4 Å². The van der Waals surface area contributed by atoms with Crippen LogP contribution in [0.2, 0.25) is 5.02 Å². The smallest absolute Gasteiger partial charge is 0.271 e. The summed E-state index contributed by atoms with van der Waals surface area (Å²) < 4.78 is 5.15. The van der Waals surface area contributed by atoms with Gasteiger partial charge in [-0.25, -0.2) is 4.98 Å². The SMILES string of the molecule is COc1cccc(N(C)c2nc[nH]c(=O)c2Cl)c1. The standard InChI is InChI=1S/C12H12ClN3O2/c1-16(8-4-3-5-9(6-8)18-2)11-10(13)12(17)15-7-14-11/h3-7H,1-2H3,(H,14,15,17). The van der Waals surface area contributed by atoms with E-state index in [0.29, 0.717) is 5.82 Å². The maximum atomic E-state index is 11.4. The number of benzene rings is 1. The van der Waals surface area contributed by atoms with Crippen LogP contribution in [0.15, 0.2) is 35.4 Å². The maximum absolute atomic E-state index is 11.4. The molecular formula is C12H12ClN3O2. The molecule has 5 nitrogen and oxygen atoms in total. The summed E-state index contributed by atoms with van der Waals surface area (Å²) in [6.45, 7) is 0. The van der Waals surface area contributed by atoms with Crippen molar-refractivity contribution < 1.29 is 4.74 Å². The highest BCUT2D eigenvalue weighted by molar-refractivity contribution is 6.32. The summed E-state index contributed by atoms with van der Waals surface area (Å²) in [7, 11) is 3.37. The van der Waals surface area contributed by atoms with E-state index in [1.54, 1.807) is 19.1 Å². The molecule has 1 N–H and O–H groups in total. The van der Waals surface area contributed by atoms with Crippen molar-refractivity contribution in [1.29, 1.82) is 0 Å². The molecule has 0 amide bonds. The Bertz CT molecular complexity index is 612. The fraction of sp³-hybridized carbons (Fsp3) is 0.167. The van der Waals surface area contributed by atoms with Crippen LogP contribution in [0.1, 0.15) is 0 Å². The first-order chi connectivity index (χ1) is 8.63. The van der Waals surface area contributed by atoms with Crippen LogP contribution in [0.5, 0.6) is 5.75 Å². The molecule has 0 atom stereocenters. The molecule has 0 unspecified atom stereocenters. The average Bonchev–Trinajstić information content (AvgIpc) is 2.41. The highest BCUT2D eigenvalue weighted by atomic mass is 35.5. The molecule has 0 radical (unpaired) electrons. The van der Waals surface area contributed by atoms with Crippen molar-refractivity contribution >= 4 is 23.1 Å². The summed E-state index contributed by atoms with van der Waals surface area (Å²) in [5.74, 6) is 1.12. The lowest BCUT2D eigenvalue weighted by atomic mass is 10.3. The molecule has 0 saturated heterocycles. The second-order valence-electron chi connectivity index (χ2n) is 3.63. The molecule has 1 aromatic carbocycles. The van der Waals surface area contributed by atoms with Crippen molar-refractivity contribution in [2.75, 3.05) is 19.1 Å². The Morgan fingerprint density at radius 2 is 2.22 bits per heavy atom. The fourth-order valence-corrected chi connectivity index (χ4v) is 1.78. The van der Waals surface area contributed by atoms with Crippen LogP contribution in [0.4, 0.5) is 11.5 Å². The van der Waals surface area contributed by atoms with E-state index < -0.39 is 0 Å². The summed E-state index contributed by atoms with van der Waals surface area (Å²) >= 11 is 5.93. The van der Waals surface area contributed by atoms with Gasteiger partial charge in [-0.1, -0.05) is 17.7 Å². The van der Waals surface area contributed by atoms with Crippen molar-refractivity contribution in [3.05, 3.63) is 46.0 Å². The Kier molecular flexibility index (Phi) is 3.53. The topological polar surface area (TPSA) is 58.2 Å². The quantitative estimate of drug-likeness (QED) is 0.924. The highest BCUT2D eigenvalue weighted by Crippen LogP contribution is 2.27. The third-order valence-corrected chi connectivity index (χ3v) is 2.88. The second-order valence-corrected chi connectivity index (χ2v) is 4.01. The number of ether oxygens (including phenoxy) is 1. The molecule has 18 heavy (non-hydrogen) atoms. The van der Waals surface area contributed by atoms with Gasteiger partial charge >= 0.3 is 0 Å². The largest absolute Gasteiger partial charge is 0.497 e. The lowest BCUT2D eigenvalue weighted by Crippen LogP contribution is -2.17. The van der Waals surface area contributed by atoms with E-state index in [1.165, 1.54) is 6.33 Å². The number of nitrogens with zero attached hydrogens (tertiary/aromatic N) is 2. The van der Waals surface area contributed by atoms with Crippen molar-refractivity contribution in [2.45, 2.75) is 0 Å². The van der Waals surface area contributed by atoms with E-state index >= 15 is 0 Å². The molecule has 0 aliphatic carbocycles. The third kappa shape index (κ3) is 2.31. The first-order valence-electron chi connectivity index (χ1n) is 5.24. The monoisotopic (exact) mass is 265 g/mol. The number of hydrogen-bond acceptors (Lipinski definition) is 4. The first kappa shape index (κ1) is 12.4. The van der Waals surface area contributed by atoms with Crippen molar-refractivity contribution in [2.24, 2.45) is 0 Å². The minimum Gasteiger partial charge on any atom is -0.497 e. The molecular weight excluding hydrogens is 254 g/mol. The highest BCUT2D eigenvalue weighted by Gasteiger charge is 2.12. The van der Waals surface area contributed by atoms with Crippen molar-refractivity contribution in [3.63, 3.8) is 0 Å². The van der Waals surface area contributed by atoms with E-state index in [-0.39, 0.29) is 10.6 Å². The van der Waals surface area contributed by atoms with E-state index in [4.69, 9.17) is 16.3 Å². The van der Waals surface area contributed by atoms with E-state index in [2.05, 4.69) is 9.97 Å². The molecule has 0 bridgehead atoms. The molecule has 1 aromatic heterocycles. The number of aromatic nitrogens is 2. The second kappa shape index (κ2) is 5.10. The van der Waals surface area contributed by atoms with Gasteiger partial charge in [0.2, 0.25) is 0 Å². The number of halogens is 1. The van der Waals surface area contributed by atoms with Gasteiger partial charge < -0.3 is 14.6 Å². The third-order valence-electron chi connectivity index (χ3n) is 2.54. The number of methoxy groups -OCH3 is 1. The van der Waals surface area contributed by atoms with Gasteiger partial charge in [-0.15, -0.1) is 0 Å². The number of anilines is 2. The number of nitrogens with one attached hydrogen (secondary N) is 1. The molecule has 2 rings (SSSR count). The molecule has 0 aliphatic heterocycles. The predicted molar refractivity (Wildman–Crippen MR) is 70.9 cm³/mol. The fourth-order valence-electron chi connectivity index (χ4n) is 1.55. The number of hydrogen-bond donors (Lipinski definition) is 1. The molecule has 0 saturated carbocycles.